The van der Waals surface area contributed by atoms with Gasteiger partial charge in [-0.15, -0.1) is 4.72 Å². The summed E-state index contributed by atoms with van der Waals surface area (Å²) < 4.78 is 15.7. The molecule has 0 radical (unpaired) electrons. The number of benzene rings is 2. The van der Waals surface area contributed by atoms with Crippen LogP contribution in [0.1, 0.15) is 56.3 Å². The van der Waals surface area contributed by atoms with Crippen molar-refractivity contribution in [3.05, 3.63) is 65.2 Å². The van der Waals surface area contributed by atoms with Crippen molar-refractivity contribution in [2.75, 3.05) is 5.73 Å². The summed E-state index contributed by atoms with van der Waals surface area (Å²) in [7, 11) is 0. The van der Waals surface area contributed by atoms with Gasteiger partial charge in [-0.25, -0.2) is 0 Å². The van der Waals surface area contributed by atoms with Gasteiger partial charge in [0, 0.05) is 25.1 Å². The van der Waals surface area contributed by atoms with Crippen molar-refractivity contribution in [3.8, 4) is 0 Å². The van der Waals surface area contributed by atoms with E-state index in [-0.39, 0.29) is 6.04 Å². The molecule has 0 aromatic heterocycles. The minimum absolute atomic E-state index is 0.281. The Bertz CT molecular complexity index is 665. The van der Waals surface area contributed by atoms with E-state index < -0.39 is 16.2 Å². The van der Waals surface area contributed by atoms with Crippen LogP contribution in [0.25, 0.3) is 0 Å². The Morgan fingerprint density at radius 2 is 1.54 bits per heavy atom. The average Bonchev–Trinajstić information content (AvgIpc) is 2.52. The van der Waals surface area contributed by atoms with E-state index in [4.69, 9.17) is 11.5 Å². The van der Waals surface area contributed by atoms with Gasteiger partial charge in [0.25, 0.3) is 0 Å². The third-order valence-electron chi connectivity index (χ3n) is 3.95. The van der Waals surface area contributed by atoms with Crippen LogP contribution < -0.4 is 16.2 Å². The number of para-hydroxylation sites is 1. The first kappa shape index (κ1) is 18.8. The maximum absolute atomic E-state index is 12.5. The van der Waals surface area contributed by atoms with E-state index in [9.17, 15) is 4.55 Å². The molecule has 0 fully saturated rings. The molecule has 5 N–H and O–H groups in total. The Morgan fingerprint density at radius 1 is 1.00 bits per heavy atom. The first-order valence-corrected chi connectivity index (χ1v) is 9.26. The molecule has 130 valence electrons. The van der Waals surface area contributed by atoms with Crippen LogP contribution in [0.15, 0.2) is 48.5 Å². The fourth-order valence-electron chi connectivity index (χ4n) is 2.42. The number of hydrogen-bond donors (Lipinski definition) is 3. The van der Waals surface area contributed by atoms with Crippen molar-refractivity contribution in [1.29, 1.82) is 0 Å². The van der Waals surface area contributed by atoms with E-state index in [0.717, 1.165) is 11.1 Å². The van der Waals surface area contributed by atoms with Gasteiger partial charge in [0.05, 0.1) is 11.4 Å². The smallest absolute Gasteiger partial charge is 0.188 e. The number of anilines is 1. The first-order chi connectivity index (χ1) is 11.2. The molecule has 2 atom stereocenters. The van der Waals surface area contributed by atoms with E-state index in [1.807, 2.05) is 24.3 Å². The third kappa shape index (κ3) is 4.51. The number of nitrogens with two attached hydrogens (primary N) is 2. The van der Waals surface area contributed by atoms with Crippen LogP contribution in [0.3, 0.4) is 0 Å². The molecule has 0 aliphatic heterocycles. The second-order valence-electron chi connectivity index (χ2n) is 6.87. The number of nitrogens with one attached hydrogen (secondary N) is 1. The zero-order chi connectivity index (χ0) is 17.9. The maximum Gasteiger partial charge on any atom is 0.188 e. The Kier molecular flexibility index (Phi) is 5.93. The van der Waals surface area contributed by atoms with Gasteiger partial charge in [0.15, 0.2) is 4.87 Å². The van der Waals surface area contributed by atoms with E-state index in [2.05, 4.69) is 42.8 Å². The monoisotopic (exact) mass is 345 g/mol. The van der Waals surface area contributed by atoms with E-state index in [1.165, 1.54) is 5.56 Å². The van der Waals surface area contributed by atoms with Crippen molar-refractivity contribution < 1.29 is 4.55 Å². The van der Waals surface area contributed by atoms with Crippen LogP contribution in [0.5, 0.6) is 0 Å². The van der Waals surface area contributed by atoms with E-state index in [0.29, 0.717) is 11.6 Å². The lowest BCUT2D eigenvalue weighted by Crippen LogP contribution is -2.49. The molecule has 24 heavy (non-hydrogen) atoms. The second kappa shape index (κ2) is 7.57. The highest BCUT2D eigenvalue weighted by Gasteiger charge is 2.31. The molecule has 0 aliphatic carbocycles. The highest BCUT2D eigenvalue weighted by molar-refractivity contribution is 7.90. The van der Waals surface area contributed by atoms with Crippen LogP contribution in [0.2, 0.25) is 0 Å². The third-order valence-corrected chi connectivity index (χ3v) is 5.35. The molecule has 1 unspecified atom stereocenters. The fourth-order valence-corrected chi connectivity index (χ4v) is 3.20. The number of nitrogen functional groups attached to an aromatic ring is 1. The lowest BCUT2D eigenvalue weighted by Gasteiger charge is -2.28. The highest BCUT2D eigenvalue weighted by Crippen LogP contribution is 2.29. The summed E-state index contributed by atoms with van der Waals surface area (Å²) in [6.45, 7) is 7.80. The van der Waals surface area contributed by atoms with Gasteiger partial charge >= 0.3 is 0 Å². The zero-order valence-corrected chi connectivity index (χ0v) is 15.6. The molecule has 0 saturated heterocycles. The van der Waals surface area contributed by atoms with Crippen LogP contribution in [0.4, 0.5) is 5.69 Å². The summed E-state index contributed by atoms with van der Waals surface area (Å²) in [6, 6.07) is 15.7. The lowest BCUT2D eigenvalue weighted by molar-refractivity contribution is 0.529. The second-order valence-corrected chi connectivity index (χ2v) is 8.70. The zero-order valence-electron chi connectivity index (χ0n) is 14.7. The first-order valence-electron chi connectivity index (χ1n) is 8.11. The predicted octanol–water partition coefficient (Wildman–Crippen LogP) is 3.43. The number of rotatable bonds is 6. The lowest BCUT2D eigenvalue weighted by atomic mass is 9.95. The predicted molar refractivity (Wildman–Crippen MR) is 103 cm³/mol. The molecule has 0 amide bonds. The molecule has 0 saturated carbocycles. The molecule has 2 aromatic rings. The number of hydrogen-bond acceptors (Lipinski definition) is 4. The van der Waals surface area contributed by atoms with Gasteiger partial charge < -0.3 is 10.3 Å². The standard InChI is InChI=1S/C19H27N3OS/c1-13(2)14-9-11-15(12-10-14)18(22-24(23)19(3,4)21)16-7-5-6-8-17(16)20/h5-13,18,22H,20-21H2,1-4H3/t18-,24?/m1/s1. The molecule has 2 rings (SSSR count). The molecular formula is C19H27N3OS. The van der Waals surface area contributed by atoms with E-state index in [1.54, 1.807) is 13.8 Å². The minimum atomic E-state index is -1.42. The molecule has 2 aromatic carbocycles. The van der Waals surface area contributed by atoms with Gasteiger partial charge in [-0.3, -0.25) is 5.73 Å². The molecule has 0 heterocycles. The summed E-state index contributed by atoms with van der Waals surface area (Å²) in [5.74, 6) is 0.462. The van der Waals surface area contributed by atoms with Crippen LogP contribution >= 0.6 is 0 Å². The molecular weight excluding hydrogens is 318 g/mol. The van der Waals surface area contributed by atoms with Gasteiger partial charge in [0.1, 0.15) is 6.04 Å². The summed E-state index contributed by atoms with van der Waals surface area (Å²) in [4.78, 5) is -0.848. The van der Waals surface area contributed by atoms with Crippen LogP contribution in [-0.2, 0) is 11.4 Å². The van der Waals surface area contributed by atoms with E-state index >= 15 is 0 Å². The minimum Gasteiger partial charge on any atom is -0.597 e. The van der Waals surface area contributed by atoms with Crippen molar-refractivity contribution >= 4 is 17.0 Å². The topological polar surface area (TPSA) is 87.1 Å². The summed E-state index contributed by atoms with van der Waals surface area (Å²) >= 11 is -1.42. The molecule has 0 bridgehead atoms. The van der Waals surface area contributed by atoms with Crippen molar-refractivity contribution in [2.24, 2.45) is 5.73 Å². The quantitative estimate of drug-likeness (QED) is 0.553. The fraction of sp³-hybridized carbons (Fsp3) is 0.368. The molecule has 4 nitrogen and oxygen atoms in total. The Hall–Kier alpha value is -1.53. The molecule has 0 spiro atoms. The summed E-state index contributed by atoms with van der Waals surface area (Å²) in [5.41, 5.74) is 16.0. The Labute approximate surface area is 148 Å². The van der Waals surface area contributed by atoms with Gasteiger partial charge in [-0.05, 0) is 23.1 Å². The van der Waals surface area contributed by atoms with Gasteiger partial charge in [0.2, 0.25) is 0 Å². The highest BCUT2D eigenvalue weighted by atomic mass is 32.2. The van der Waals surface area contributed by atoms with Crippen LogP contribution in [0, 0.1) is 0 Å². The van der Waals surface area contributed by atoms with Gasteiger partial charge in [-0.2, -0.15) is 0 Å². The molecule has 5 heteroatoms. The van der Waals surface area contributed by atoms with Gasteiger partial charge in [-0.1, -0.05) is 56.3 Å². The molecule has 0 aliphatic rings. The van der Waals surface area contributed by atoms with Crippen molar-refractivity contribution in [1.82, 2.24) is 4.72 Å². The Morgan fingerprint density at radius 3 is 2.04 bits per heavy atom. The summed E-state index contributed by atoms with van der Waals surface area (Å²) in [6.07, 6.45) is 0. The normalized spacial score (nSPS) is 14.6. The Balaban J connectivity index is 2.41. The van der Waals surface area contributed by atoms with Crippen molar-refractivity contribution in [2.45, 2.75) is 44.5 Å². The van der Waals surface area contributed by atoms with Crippen molar-refractivity contribution in [3.63, 3.8) is 0 Å². The maximum atomic E-state index is 12.5. The SMILES string of the molecule is CC(C)c1ccc([C@@H](N[S+]([O-])C(C)(C)N)c2ccccc2N)cc1. The largest absolute Gasteiger partial charge is 0.597 e. The average molecular weight is 346 g/mol. The summed E-state index contributed by atoms with van der Waals surface area (Å²) in [5, 5.41) is 0. The van der Waals surface area contributed by atoms with Crippen LogP contribution in [-0.4, -0.2) is 9.42 Å².